The van der Waals surface area contributed by atoms with Crippen LogP contribution in [0.2, 0.25) is 0 Å². The maximum atomic E-state index is 11.2. The van der Waals surface area contributed by atoms with Gasteiger partial charge in [0.15, 0.2) is 0 Å². The minimum atomic E-state index is -2.59. The van der Waals surface area contributed by atoms with Crippen LogP contribution in [0.4, 0.5) is 0 Å². The molecule has 0 aromatic heterocycles. The fourth-order valence-electron chi connectivity index (χ4n) is 2.06. The second-order valence-corrected chi connectivity index (χ2v) is 5.51. The summed E-state index contributed by atoms with van der Waals surface area (Å²) >= 11 is 0. The van der Waals surface area contributed by atoms with Crippen molar-refractivity contribution in [3.63, 3.8) is 0 Å². The van der Waals surface area contributed by atoms with Crippen molar-refractivity contribution in [2.45, 2.75) is 51.8 Å². The Bertz CT molecular complexity index is 414. The molecule has 132 valence electrons. The smallest absolute Gasteiger partial charge is 0.327 e. The topological polar surface area (TPSA) is 138 Å². The van der Waals surface area contributed by atoms with E-state index in [0.717, 1.165) is 13.8 Å². The fraction of sp³-hybridized carbons (Fsp3) is 0.750. The number of hydrogen-bond donors (Lipinski definition) is 2. The number of carbonyl (C=O) groups excluding carboxylic acids is 3. The average Bonchev–Trinajstić information content (AvgIpc) is 2.38. The Morgan fingerprint density at radius 1 is 1.04 bits per heavy atom. The lowest BCUT2D eigenvalue weighted by atomic mass is 10.0. The molecule has 10 nitrogen and oxygen atoms in total. The molecule has 1 saturated heterocycles. The van der Waals surface area contributed by atoms with E-state index in [0.29, 0.717) is 0 Å². The molecule has 2 N–H and O–H groups in total. The van der Waals surface area contributed by atoms with Crippen molar-refractivity contribution < 1.29 is 47.6 Å². The molecule has 1 heterocycles. The van der Waals surface area contributed by atoms with Gasteiger partial charge in [-0.2, -0.15) is 0 Å². The van der Waals surface area contributed by atoms with Gasteiger partial charge in [-0.1, -0.05) is 0 Å². The highest BCUT2D eigenvalue weighted by atomic mass is 31.2. The first-order chi connectivity index (χ1) is 10.7. The second kappa shape index (κ2) is 9.09. The fourth-order valence-corrected chi connectivity index (χ4v) is 2.36. The Hall–Kier alpha value is -1.32. The van der Waals surface area contributed by atoms with Gasteiger partial charge >= 0.3 is 26.5 Å². The Morgan fingerprint density at radius 3 is 2.09 bits per heavy atom. The highest BCUT2D eigenvalue weighted by molar-refractivity contribution is 7.39. The van der Waals surface area contributed by atoms with Gasteiger partial charge in [-0.25, -0.2) is 0 Å². The lowest BCUT2D eigenvalue weighted by molar-refractivity contribution is -0.269. The van der Waals surface area contributed by atoms with E-state index in [1.165, 1.54) is 6.92 Å². The molecule has 0 aliphatic carbocycles. The Labute approximate surface area is 133 Å². The first kappa shape index (κ1) is 19.7. The Balaban J connectivity index is 2.90. The number of esters is 3. The molecule has 4 unspecified atom stereocenters. The summed E-state index contributed by atoms with van der Waals surface area (Å²) in [6.07, 6.45) is -4.10. The lowest BCUT2D eigenvalue weighted by Gasteiger charge is -2.39. The van der Waals surface area contributed by atoms with Crippen molar-refractivity contribution in [1.82, 2.24) is 0 Å². The first-order valence-electron chi connectivity index (χ1n) is 6.67. The van der Waals surface area contributed by atoms with E-state index < -0.39 is 51.1 Å². The van der Waals surface area contributed by atoms with E-state index >= 15 is 0 Å². The molecule has 0 radical (unpaired) electrons. The highest BCUT2D eigenvalue weighted by Gasteiger charge is 2.45. The first-order valence-corrected chi connectivity index (χ1v) is 7.83. The molecule has 11 heteroatoms. The van der Waals surface area contributed by atoms with E-state index in [2.05, 4.69) is 4.52 Å². The molecule has 0 saturated carbocycles. The van der Waals surface area contributed by atoms with E-state index in [1.54, 1.807) is 0 Å². The van der Waals surface area contributed by atoms with Crippen LogP contribution in [-0.2, 0) is 37.9 Å². The summed E-state index contributed by atoms with van der Waals surface area (Å²) in [4.78, 5) is 51.2. The predicted molar refractivity (Wildman–Crippen MR) is 73.5 cm³/mol. The molecule has 1 aliphatic rings. The largest absolute Gasteiger partial charge is 0.458 e. The van der Waals surface area contributed by atoms with Crippen LogP contribution in [0.25, 0.3) is 0 Å². The molecule has 0 aromatic rings. The zero-order valence-corrected chi connectivity index (χ0v) is 13.7. The van der Waals surface area contributed by atoms with Gasteiger partial charge in [0.1, 0.15) is 6.10 Å². The van der Waals surface area contributed by atoms with Crippen LogP contribution in [0.3, 0.4) is 0 Å². The third-order valence-electron chi connectivity index (χ3n) is 2.73. The predicted octanol–water partition coefficient (Wildman–Crippen LogP) is -0.244. The zero-order valence-electron chi connectivity index (χ0n) is 12.8. The van der Waals surface area contributed by atoms with Crippen molar-refractivity contribution in [2.75, 3.05) is 6.61 Å². The van der Waals surface area contributed by atoms with Crippen molar-refractivity contribution in [3.05, 3.63) is 0 Å². The standard InChI is InChI=1S/C12H19O10P/c1-6(13)19-10-4-9(5-18-23(16)17)22-12(21-8(3)15)11(10)20-7(2)14/h9-12,16-17H,4-5H2,1-3H3. The molecule has 0 bridgehead atoms. The van der Waals surface area contributed by atoms with Crippen LogP contribution < -0.4 is 0 Å². The van der Waals surface area contributed by atoms with Crippen LogP contribution in [0, 0.1) is 0 Å². The highest BCUT2D eigenvalue weighted by Crippen LogP contribution is 2.30. The summed E-state index contributed by atoms with van der Waals surface area (Å²) in [7, 11) is -2.59. The van der Waals surface area contributed by atoms with Gasteiger partial charge < -0.3 is 33.3 Å². The maximum Gasteiger partial charge on any atom is 0.327 e. The van der Waals surface area contributed by atoms with Crippen LogP contribution in [0.5, 0.6) is 0 Å². The second-order valence-electron chi connectivity index (χ2n) is 4.74. The molecular weight excluding hydrogens is 335 g/mol. The van der Waals surface area contributed by atoms with E-state index in [9.17, 15) is 14.4 Å². The molecule has 0 spiro atoms. The summed E-state index contributed by atoms with van der Waals surface area (Å²) in [5, 5.41) is 0. The quantitative estimate of drug-likeness (QED) is 0.373. The van der Waals surface area contributed by atoms with Gasteiger partial charge in [-0.05, 0) is 0 Å². The normalized spacial score (nSPS) is 27.4. The molecular formula is C12H19O10P. The molecule has 1 rings (SSSR count). The zero-order chi connectivity index (χ0) is 17.6. The van der Waals surface area contributed by atoms with Crippen molar-refractivity contribution >= 4 is 26.5 Å². The van der Waals surface area contributed by atoms with Gasteiger partial charge in [0, 0.05) is 27.2 Å². The summed E-state index contributed by atoms with van der Waals surface area (Å²) in [5.41, 5.74) is 0. The van der Waals surface area contributed by atoms with Gasteiger partial charge in [-0.15, -0.1) is 0 Å². The number of rotatable bonds is 6. The Morgan fingerprint density at radius 2 is 1.61 bits per heavy atom. The molecule has 0 amide bonds. The van der Waals surface area contributed by atoms with E-state index in [-0.39, 0.29) is 13.0 Å². The van der Waals surface area contributed by atoms with Crippen LogP contribution in [-0.4, -0.2) is 58.9 Å². The molecule has 4 atom stereocenters. The molecule has 1 aliphatic heterocycles. The molecule has 0 aromatic carbocycles. The molecule has 23 heavy (non-hydrogen) atoms. The van der Waals surface area contributed by atoms with Crippen molar-refractivity contribution in [1.29, 1.82) is 0 Å². The van der Waals surface area contributed by atoms with Crippen molar-refractivity contribution in [2.24, 2.45) is 0 Å². The van der Waals surface area contributed by atoms with Gasteiger partial charge in [0.2, 0.25) is 12.4 Å². The monoisotopic (exact) mass is 354 g/mol. The van der Waals surface area contributed by atoms with Gasteiger partial charge in [0.05, 0.1) is 12.7 Å². The third kappa shape index (κ3) is 7.19. The lowest BCUT2D eigenvalue weighted by Crippen LogP contribution is -2.54. The van der Waals surface area contributed by atoms with E-state index in [4.69, 9.17) is 28.7 Å². The van der Waals surface area contributed by atoms with Crippen LogP contribution in [0.15, 0.2) is 0 Å². The number of hydrogen-bond acceptors (Lipinski definition) is 10. The minimum Gasteiger partial charge on any atom is -0.458 e. The number of carbonyl (C=O) groups is 3. The third-order valence-corrected chi connectivity index (χ3v) is 3.11. The van der Waals surface area contributed by atoms with Crippen molar-refractivity contribution in [3.8, 4) is 0 Å². The molecule has 1 fully saturated rings. The summed E-state index contributed by atoms with van der Waals surface area (Å²) in [6.45, 7) is 3.22. The summed E-state index contributed by atoms with van der Waals surface area (Å²) < 4.78 is 25.2. The average molecular weight is 354 g/mol. The maximum absolute atomic E-state index is 11.2. The SMILES string of the molecule is CC(=O)OC1CC(COP(O)O)OC(OC(C)=O)C1OC(C)=O. The summed E-state index contributed by atoms with van der Waals surface area (Å²) in [5.74, 6) is -1.99. The van der Waals surface area contributed by atoms with Crippen LogP contribution >= 0.6 is 8.60 Å². The van der Waals surface area contributed by atoms with Crippen LogP contribution in [0.1, 0.15) is 27.2 Å². The summed E-state index contributed by atoms with van der Waals surface area (Å²) in [6, 6.07) is 0. The minimum absolute atomic E-state index is 0.0540. The number of ether oxygens (including phenoxy) is 4. The van der Waals surface area contributed by atoms with Gasteiger partial charge in [-0.3, -0.25) is 14.4 Å². The Kier molecular flexibility index (Phi) is 7.80. The van der Waals surface area contributed by atoms with Gasteiger partial charge in [0.25, 0.3) is 0 Å². The van der Waals surface area contributed by atoms with E-state index in [1.807, 2.05) is 0 Å².